The zero-order valence-corrected chi connectivity index (χ0v) is 12.6. The van der Waals surface area contributed by atoms with Crippen LogP contribution in [-0.4, -0.2) is 14.8 Å². The lowest BCUT2D eigenvalue weighted by atomic mass is 10.2. The molecule has 1 heterocycles. The highest BCUT2D eigenvalue weighted by atomic mass is 127. The van der Waals surface area contributed by atoms with E-state index >= 15 is 0 Å². The predicted octanol–water partition coefficient (Wildman–Crippen LogP) is 3.82. The molecule has 18 heavy (non-hydrogen) atoms. The van der Waals surface area contributed by atoms with Crippen LogP contribution in [0, 0.1) is 10.5 Å². The molecular weight excluding hydrogens is 337 g/mol. The number of rotatable bonds is 5. The highest BCUT2D eigenvalue weighted by molar-refractivity contribution is 14.1. The molecule has 94 valence electrons. The van der Waals surface area contributed by atoms with Gasteiger partial charge in [0.25, 0.3) is 0 Å². The average Bonchev–Trinajstić information content (AvgIpc) is 2.71. The molecule has 0 bridgehead atoms. The number of hydrogen-bond donors (Lipinski definition) is 0. The fraction of sp³-hybridized carbons (Fsp3) is 0.286. The third kappa shape index (κ3) is 2.98. The Bertz CT molecular complexity index is 546. The summed E-state index contributed by atoms with van der Waals surface area (Å²) in [5.41, 5.74) is 1.15. The van der Waals surface area contributed by atoms with Crippen molar-refractivity contribution >= 4 is 22.6 Å². The number of allylic oxidation sites excluding steroid dienone is 1. The van der Waals surface area contributed by atoms with E-state index in [1.54, 1.807) is 0 Å². The van der Waals surface area contributed by atoms with Crippen LogP contribution in [0.15, 0.2) is 36.9 Å². The largest absolute Gasteiger partial charge is 0.246 e. The molecule has 0 N–H and O–H groups in total. The minimum absolute atomic E-state index is 0.822. The van der Waals surface area contributed by atoms with Gasteiger partial charge in [-0.1, -0.05) is 24.3 Å². The molecule has 2 aromatic rings. The summed E-state index contributed by atoms with van der Waals surface area (Å²) in [6.07, 6.45) is 3.99. The molecule has 1 aromatic heterocycles. The van der Waals surface area contributed by atoms with Crippen molar-refractivity contribution in [1.29, 1.82) is 0 Å². The Labute approximate surface area is 121 Å². The number of hydrogen-bond acceptors (Lipinski definition) is 2. The third-order valence-electron chi connectivity index (χ3n) is 2.67. The second kappa shape index (κ2) is 6.13. The Kier molecular flexibility index (Phi) is 4.52. The van der Waals surface area contributed by atoms with E-state index in [0.29, 0.717) is 0 Å². The number of unbranched alkanes of at least 4 members (excludes halogenated alkanes) is 1. The number of aryl methyl sites for hydroxylation is 2. The Morgan fingerprint density at radius 2 is 2.17 bits per heavy atom. The number of benzene rings is 1. The maximum atomic E-state index is 4.54. The first kappa shape index (κ1) is 13.3. The third-order valence-corrected chi connectivity index (χ3v) is 3.61. The molecule has 0 fully saturated rings. The zero-order valence-electron chi connectivity index (χ0n) is 10.4. The lowest BCUT2D eigenvalue weighted by Crippen LogP contribution is -2.03. The van der Waals surface area contributed by atoms with Crippen molar-refractivity contribution in [2.24, 2.45) is 0 Å². The highest BCUT2D eigenvalue weighted by Gasteiger charge is 2.11. The quantitative estimate of drug-likeness (QED) is 0.465. The molecule has 0 saturated carbocycles. The van der Waals surface area contributed by atoms with E-state index in [2.05, 4.69) is 51.4 Å². The van der Waals surface area contributed by atoms with Gasteiger partial charge in [-0.25, -0.2) is 9.67 Å². The van der Waals surface area contributed by atoms with Crippen LogP contribution < -0.4 is 0 Å². The highest BCUT2D eigenvalue weighted by Crippen LogP contribution is 2.23. The van der Waals surface area contributed by atoms with Crippen LogP contribution in [0.4, 0.5) is 0 Å². The van der Waals surface area contributed by atoms with Crippen LogP contribution in [0.3, 0.4) is 0 Å². The average molecular weight is 353 g/mol. The first-order valence-electron chi connectivity index (χ1n) is 5.99. The summed E-state index contributed by atoms with van der Waals surface area (Å²) in [7, 11) is 0. The molecule has 0 aliphatic carbocycles. The molecule has 1 aromatic carbocycles. The maximum absolute atomic E-state index is 4.54. The molecule has 0 radical (unpaired) electrons. The molecule has 0 aliphatic rings. The molecule has 0 amide bonds. The lowest BCUT2D eigenvalue weighted by molar-refractivity contribution is 0.585. The molecule has 3 nitrogen and oxygen atoms in total. The molecular formula is C14H16IN3. The topological polar surface area (TPSA) is 30.7 Å². The van der Waals surface area contributed by atoms with Crippen LogP contribution >= 0.6 is 22.6 Å². The predicted molar refractivity (Wildman–Crippen MR) is 82.3 cm³/mol. The van der Waals surface area contributed by atoms with E-state index in [9.17, 15) is 0 Å². The van der Waals surface area contributed by atoms with Crippen molar-refractivity contribution < 1.29 is 0 Å². The number of nitrogens with zero attached hydrogens (tertiary/aromatic N) is 3. The Morgan fingerprint density at radius 1 is 1.39 bits per heavy atom. The Morgan fingerprint density at radius 3 is 2.89 bits per heavy atom. The van der Waals surface area contributed by atoms with Crippen molar-refractivity contribution in [3.05, 3.63) is 46.3 Å². The van der Waals surface area contributed by atoms with E-state index in [-0.39, 0.29) is 0 Å². The van der Waals surface area contributed by atoms with Crippen LogP contribution in [0.5, 0.6) is 0 Å². The van der Waals surface area contributed by atoms with Gasteiger partial charge in [0.2, 0.25) is 0 Å². The monoisotopic (exact) mass is 353 g/mol. The summed E-state index contributed by atoms with van der Waals surface area (Å²) in [5, 5.41) is 4.47. The number of aromatic nitrogens is 3. The first-order chi connectivity index (χ1) is 8.72. The summed E-state index contributed by atoms with van der Waals surface area (Å²) in [4.78, 5) is 4.54. The molecule has 0 spiro atoms. The van der Waals surface area contributed by atoms with Gasteiger partial charge < -0.3 is 0 Å². The smallest absolute Gasteiger partial charge is 0.159 e. The van der Waals surface area contributed by atoms with Gasteiger partial charge in [0.15, 0.2) is 5.82 Å². The Hall–Kier alpha value is -1.17. The molecule has 0 saturated heterocycles. The van der Waals surface area contributed by atoms with Crippen molar-refractivity contribution in [3.8, 4) is 11.4 Å². The van der Waals surface area contributed by atoms with Gasteiger partial charge in [0, 0.05) is 15.7 Å². The van der Waals surface area contributed by atoms with E-state index in [1.807, 2.05) is 29.8 Å². The van der Waals surface area contributed by atoms with Gasteiger partial charge in [-0.05, 0) is 48.4 Å². The van der Waals surface area contributed by atoms with Gasteiger partial charge in [0.05, 0.1) is 0 Å². The van der Waals surface area contributed by atoms with Gasteiger partial charge in [-0.15, -0.1) is 6.58 Å². The van der Waals surface area contributed by atoms with E-state index in [4.69, 9.17) is 0 Å². The van der Waals surface area contributed by atoms with Crippen LogP contribution in [0.1, 0.15) is 18.7 Å². The van der Waals surface area contributed by atoms with Gasteiger partial charge in [-0.2, -0.15) is 5.10 Å². The fourth-order valence-electron chi connectivity index (χ4n) is 1.84. The second-order valence-corrected chi connectivity index (χ2v) is 5.28. The van der Waals surface area contributed by atoms with Gasteiger partial charge in [-0.3, -0.25) is 0 Å². The van der Waals surface area contributed by atoms with Crippen molar-refractivity contribution in [2.75, 3.05) is 0 Å². The van der Waals surface area contributed by atoms with E-state index in [1.165, 1.54) is 3.57 Å². The summed E-state index contributed by atoms with van der Waals surface area (Å²) < 4.78 is 3.20. The summed E-state index contributed by atoms with van der Waals surface area (Å²) >= 11 is 2.34. The van der Waals surface area contributed by atoms with E-state index < -0.39 is 0 Å². The van der Waals surface area contributed by atoms with Crippen molar-refractivity contribution in [2.45, 2.75) is 26.3 Å². The molecule has 0 unspecified atom stereocenters. The standard InChI is InChI=1S/C14H16IN3/c1-3-4-7-10-18-14(16-11(2)17-18)12-8-5-6-9-13(12)15/h3,5-6,8-9H,1,4,7,10H2,2H3. The van der Waals surface area contributed by atoms with Gasteiger partial charge >= 0.3 is 0 Å². The molecule has 2 rings (SSSR count). The van der Waals surface area contributed by atoms with Crippen molar-refractivity contribution in [1.82, 2.24) is 14.8 Å². The van der Waals surface area contributed by atoms with Crippen LogP contribution in [-0.2, 0) is 6.54 Å². The minimum Gasteiger partial charge on any atom is -0.246 e. The fourth-order valence-corrected chi connectivity index (χ4v) is 2.47. The van der Waals surface area contributed by atoms with E-state index in [0.717, 1.165) is 36.6 Å². The van der Waals surface area contributed by atoms with Gasteiger partial charge in [0.1, 0.15) is 5.82 Å². The Balaban J connectivity index is 2.32. The van der Waals surface area contributed by atoms with Crippen LogP contribution in [0.25, 0.3) is 11.4 Å². The van der Waals surface area contributed by atoms with Crippen molar-refractivity contribution in [3.63, 3.8) is 0 Å². The second-order valence-electron chi connectivity index (χ2n) is 4.12. The normalized spacial score (nSPS) is 10.6. The van der Waals surface area contributed by atoms with Crippen LogP contribution in [0.2, 0.25) is 0 Å². The zero-order chi connectivity index (χ0) is 13.0. The summed E-state index contributed by atoms with van der Waals surface area (Å²) in [5.74, 6) is 1.78. The summed E-state index contributed by atoms with van der Waals surface area (Å²) in [6, 6.07) is 8.26. The maximum Gasteiger partial charge on any atom is 0.159 e. The minimum atomic E-state index is 0.822. The SMILES string of the molecule is C=CCCCn1nc(C)nc1-c1ccccc1I. The summed E-state index contributed by atoms with van der Waals surface area (Å²) in [6.45, 7) is 6.56. The molecule has 0 aliphatic heterocycles. The molecule has 4 heteroatoms. The number of halogens is 1. The molecule has 0 atom stereocenters. The first-order valence-corrected chi connectivity index (χ1v) is 7.07. The lowest BCUT2D eigenvalue weighted by Gasteiger charge is -2.06.